The SMILES string of the molecule is O=C([C@H]1OCCc2ccccc21)N1CC[C@H](Oc2cccnn2)C1. The molecule has 0 saturated carbocycles. The summed E-state index contributed by atoms with van der Waals surface area (Å²) < 4.78 is 11.6. The van der Waals surface area contributed by atoms with Gasteiger partial charge in [0.25, 0.3) is 5.91 Å². The molecule has 2 aliphatic rings. The van der Waals surface area contributed by atoms with Crippen molar-refractivity contribution in [1.82, 2.24) is 15.1 Å². The lowest BCUT2D eigenvalue weighted by Crippen LogP contribution is -2.37. The highest BCUT2D eigenvalue weighted by atomic mass is 16.5. The zero-order valence-corrected chi connectivity index (χ0v) is 13.3. The maximum absolute atomic E-state index is 12.9. The molecule has 1 aromatic heterocycles. The van der Waals surface area contributed by atoms with Gasteiger partial charge in [-0.15, -0.1) is 5.10 Å². The number of likely N-dealkylation sites (tertiary alicyclic amines) is 1. The molecule has 2 aromatic rings. The van der Waals surface area contributed by atoms with E-state index in [2.05, 4.69) is 16.3 Å². The molecular formula is C18H19N3O3. The first-order chi connectivity index (χ1) is 11.8. The zero-order valence-electron chi connectivity index (χ0n) is 13.3. The van der Waals surface area contributed by atoms with Gasteiger partial charge >= 0.3 is 0 Å². The third kappa shape index (κ3) is 2.97. The number of hydrogen-bond acceptors (Lipinski definition) is 5. The predicted molar refractivity (Wildman–Crippen MR) is 86.5 cm³/mol. The number of amides is 1. The number of carbonyl (C=O) groups excluding carboxylic acids is 1. The smallest absolute Gasteiger partial charge is 0.256 e. The molecule has 124 valence electrons. The Morgan fingerprint density at radius 2 is 2.17 bits per heavy atom. The second-order valence-corrected chi connectivity index (χ2v) is 6.07. The van der Waals surface area contributed by atoms with E-state index in [1.54, 1.807) is 18.3 Å². The van der Waals surface area contributed by atoms with E-state index >= 15 is 0 Å². The third-order valence-electron chi connectivity index (χ3n) is 4.51. The zero-order chi connectivity index (χ0) is 16.4. The van der Waals surface area contributed by atoms with Crippen molar-refractivity contribution >= 4 is 5.91 Å². The Morgan fingerprint density at radius 3 is 3.04 bits per heavy atom. The van der Waals surface area contributed by atoms with Crippen LogP contribution in [0.4, 0.5) is 0 Å². The van der Waals surface area contributed by atoms with E-state index in [0.717, 1.165) is 18.4 Å². The van der Waals surface area contributed by atoms with Gasteiger partial charge in [0, 0.05) is 25.2 Å². The third-order valence-corrected chi connectivity index (χ3v) is 4.51. The second kappa shape index (κ2) is 6.57. The largest absolute Gasteiger partial charge is 0.471 e. The topological polar surface area (TPSA) is 64.5 Å². The molecule has 0 N–H and O–H groups in total. The maximum Gasteiger partial charge on any atom is 0.256 e. The number of benzene rings is 1. The van der Waals surface area contributed by atoms with Crippen LogP contribution in [0.2, 0.25) is 0 Å². The standard InChI is InChI=1S/C18H19N3O3/c22-18(17-15-5-2-1-4-13(15)8-11-23-17)21-10-7-14(12-21)24-16-6-3-9-19-20-16/h1-6,9,14,17H,7-8,10-12H2/t14-,17-/m0/s1. The molecule has 0 spiro atoms. The van der Waals surface area contributed by atoms with E-state index in [-0.39, 0.29) is 12.0 Å². The normalized spacial score (nSPS) is 22.9. The van der Waals surface area contributed by atoms with Crippen LogP contribution in [0.15, 0.2) is 42.6 Å². The van der Waals surface area contributed by atoms with Crippen LogP contribution in [0.1, 0.15) is 23.7 Å². The Labute approximate surface area is 140 Å². The van der Waals surface area contributed by atoms with E-state index < -0.39 is 6.10 Å². The van der Waals surface area contributed by atoms with Gasteiger partial charge in [0.05, 0.1) is 13.2 Å². The Hall–Kier alpha value is -2.47. The number of fused-ring (bicyclic) bond motifs is 1. The van der Waals surface area contributed by atoms with E-state index in [1.807, 2.05) is 23.1 Å². The number of rotatable bonds is 3. The molecule has 2 aliphatic heterocycles. The van der Waals surface area contributed by atoms with Crippen molar-refractivity contribution in [2.24, 2.45) is 0 Å². The molecule has 0 radical (unpaired) electrons. The van der Waals surface area contributed by atoms with Crippen molar-refractivity contribution in [3.8, 4) is 5.88 Å². The molecule has 1 saturated heterocycles. The van der Waals surface area contributed by atoms with E-state index in [0.29, 0.717) is 25.6 Å². The van der Waals surface area contributed by atoms with Crippen LogP contribution in [0.5, 0.6) is 5.88 Å². The Kier molecular flexibility index (Phi) is 4.13. The number of hydrogen-bond donors (Lipinski definition) is 0. The summed E-state index contributed by atoms with van der Waals surface area (Å²) >= 11 is 0. The predicted octanol–water partition coefficient (Wildman–Crippen LogP) is 1.77. The summed E-state index contributed by atoms with van der Waals surface area (Å²) in [5.74, 6) is 0.517. The fourth-order valence-corrected chi connectivity index (χ4v) is 3.31. The highest BCUT2D eigenvalue weighted by molar-refractivity contribution is 5.83. The van der Waals surface area contributed by atoms with Crippen molar-refractivity contribution in [3.05, 3.63) is 53.7 Å². The van der Waals surface area contributed by atoms with E-state index in [4.69, 9.17) is 9.47 Å². The molecule has 4 rings (SSSR count). The number of carbonyl (C=O) groups is 1. The molecule has 6 heteroatoms. The Morgan fingerprint density at radius 1 is 1.25 bits per heavy atom. The van der Waals surface area contributed by atoms with Crippen LogP contribution < -0.4 is 4.74 Å². The monoisotopic (exact) mass is 325 g/mol. The molecular weight excluding hydrogens is 306 g/mol. The molecule has 24 heavy (non-hydrogen) atoms. The van der Waals surface area contributed by atoms with Gasteiger partial charge in [-0.2, -0.15) is 5.10 Å². The summed E-state index contributed by atoms with van der Waals surface area (Å²) in [4.78, 5) is 14.7. The van der Waals surface area contributed by atoms with E-state index in [1.165, 1.54) is 5.56 Å². The van der Waals surface area contributed by atoms with Crippen LogP contribution in [0.3, 0.4) is 0 Å². The fraction of sp³-hybridized carbons (Fsp3) is 0.389. The minimum atomic E-state index is -0.495. The van der Waals surface area contributed by atoms with E-state index in [9.17, 15) is 4.79 Å². The van der Waals surface area contributed by atoms with Crippen molar-refractivity contribution < 1.29 is 14.3 Å². The first kappa shape index (κ1) is 15.1. The van der Waals surface area contributed by atoms with Gasteiger partial charge in [0.15, 0.2) is 6.10 Å². The summed E-state index contributed by atoms with van der Waals surface area (Å²) in [5.41, 5.74) is 2.20. The molecule has 0 bridgehead atoms. The lowest BCUT2D eigenvalue weighted by molar-refractivity contribution is -0.144. The van der Waals surface area contributed by atoms with Gasteiger partial charge in [-0.25, -0.2) is 0 Å². The molecule has 6 nitrogen and oxygen atoms in total. The minimum absolute atomic E-state index is 0.0207. The molecule has 1 amide bonds. The summed E-state index contributed by atoms with van der Waals surface area (Å²) in [6.07, 6.45) is 2.71. The quantitative estimate of drug-likeness (QED) is 0.860. The van der Waals surface area contributed by atoms with Gasteiger partial charge in [0.1, 0.15) is 6.10 Å². The lowest BCUT2D eigenvalue weighted by atomic mass is 9.97. The van der Waals surface area contributed by atoms with Crippen LogP contribution in [-0.2, 0) is 16.0 Å². The number of aromatic nitrogens is 2. The van der Waals surface area contributed by atoms with Crippen molar-refractivity contribution in [2.75, 3.05) is 19.7 Å². The Bertz CT molecular complexity index is 722. The van der Waals surface area contributed by atoms with Crippen LogP contribution in [0.25, 0.3) is 0 Å². The van der Waals surface area contributed by atoms with Crippen molar-refractivity contribution in [2.45, 2.75) is 25.0 Å². The van der Waals surface area contributed by atoms with Gasteiger partial charge in [-0.3, -0.25) is 4.79 Å². The van der Waals surface area contributed by atoms with Gasteiger partial charge < -0.3 is 14.4 Å². The van der Waals surface area contributed by atoms with Crippen molar-refractivity contribution in [3.63, 3.8) is 0 Å². The highest BCUT2D eigenvalue weighted by Gasteiger charge is 2.35. The average Bonchev–Trinajstić information content (AvgIpc) is 3.10. The van der Waals surface area contributed by atoms with Crippen molar-refractivity contribution in [1.29, 1.82) is 0 Å². The number of nitrogens with zero attached hydrogens (tertiary/aromatic N) is 3. The summed E-state index contributed by atoms with van der Waals surface area (Å²) in [7, 11) is 0. The lowest BCUT2D eigenvalue weighted by Gasteiger charge is -2.28. The first-order valence-electron chi connectivity index (χ1n) is 8.24. The highest BCUT2D eigenvalue weighted by Crippen LogP contribution is 2.30. The van der Waals surface area contributed by atoms with Crippen LogP contribution >= 0.6 is 0 Å². The summed E-state index contributed by atoms with van der Waals surface area (Å²) in [6.45, 7) is 1.81. The summed E-state index contributed by atoms with van der Waals surface area (Å²) in [5, 5.41) is 7.74. The summed E-state index contributed by atoms with van der Waals surface area (Å²) in [6, 6.07) is 11.6. The fourth-order valence-electron chi connectivity index (χ4n) is 3.31. The molecule has 3 heterocycles. The van der Waals surface area contributed by atoms with Crippen LogP contribution in [0, 0.1) is 0 Å². The van der Waals surface area contributed by atoms with Gasteiger partial charge in [-0.05, 0) is 23.6 Å². The van der Waals surface area contributed by atoms with Gasteiger partial charge in [-0.1, -0.05) is 24.3 Å². The molecule has 0 aliphatic carbocycles. The Balaban J connectivity index is 1.43. The molecule has 1 fully saturated rings. The van der Waals surface area contributed by atoms with Crippen LogP contribution in [-0.4, -0.2) is 46.8 Å². The molecule has 0 unspecified atom stereocenters. The maximum atomic E-state index is 12.9. The minimum Gasteiger partial charge on any atom is -0.471 e. The number of ether oxygens (including phenoxy) is 2. The van der Waals surface area contributed by atoms with Gasteiger partial charge in [0.2, 0.25) is 5.88 Å². The molecule has 2 atom stereocenters. The average molecular weight is 325 g/mol. The second-order valence-electron chi connectivity index (χ2n) is 6.07. The first-order valence-corrected chi connectivity index (χ1v) is 8.24. The molecule has 1 aromatic carbocycles.